The molecule has 1 aromatic carbocycles. The van der Waals surface area contributed by atoms with Gasteiger partial charge < -0.3 is 20.5 Å². The molecule has 0 saturated carbocycles. The summed E-state index contributed by atoms with van der Waals surface area (Å²) in [5.74, 6) is -0.0566. The number of hydrogen-bond acceptors (Lipinski definition) is 6. The average Bonchev–Trinajstić information content (AvgIpc) is 2.55. The highest BCUT2D eigenvalue weighted by molar-refractivity contribution is 6.02. The molecule has 0 fully saturated rings. The molecule has 0 atom stereocenters. The monoisotopic (exact) mass is 301 g/mol. The Morgan fingerprint density at radius 2 is 2.09 bits per heavy atom. The van der Waals surface area contributed by atoms with Crippen LogP contribution in [0.15, 0.2) is 41.7 Å². The molecule has 114 valence electrons. The number of hydrogen-bond donors (Lipinski definition) is 2. The Labute approximate surface area is 127 Å². The van der Waals surface area contributed by atoms with E-state index in [1.165, 1.54) is 26.6 Å². The molecule has 2 rings (SSSR count). The van der Waals surface area contributed by atoms with E-state index in [0.29, 0.717) is 17.3 Å². The van der Waals surface area contributed by atoms with Crippen molar-refractivity contribution in [2.45, 2.75) is 0 Å². The second kappa shape index (κ2) is 7.02. The van der Waals surface area contributed by atoms with Crippen LogP contribution in [0.25, 0.3) is 0 Å². The Kier molecular flexibility index (Phi) is 4.86. The zero-order valence-corrected chi connectivity index (χ0v) is 12.1. The molecule has 22 heavy (non-hydrogen) atoms. The quantitative estimate of drug-likeness (QED) is 0.651. The van der Waals surface area contributed by atoms with E-state index in [1.54, 1.807) is 24.3 Å². The van der Waals surface area contributed by atoms with Crippen LogP contribution in [-0.2, 0) is 4.74 Å². The van der Waals surface area contributed by atoms with Gasteiger partial charge in [0.2, 0.25) is 5.88 Å². The van der Waals surface area contributed by atoms with Gasteiger partial charge in [0.1, 0.15) is 5.69 Å². The number of aliphatic imine (C=N–C) groups is 1. The summed E-state index contributed by atoms with van der Waals surface area (Å²) in [4.78, 5) is 24.0. The lowest BCUT2D eigenvalue weighted by atomic mass is 10.2. The average molecular weight is 301 g/mol. The van der Waals surface area contributed by atoms with E-state index in [9.17, 15) is 4.79 Å². The van der Waals surface area contributed by atoms with Crippen LogP contribution in [-0.4, -0.2) is 36.1 Å². The molecule has 8 heteroatoms. The van der Waals surface area contributed by atoms with Crippen molar-refractivity contribution in [3.05, 3.63) is 42.4 Å². The second-order valence-corrected chi connectivity index (χ2v) is 4.10. The van der Waals surface area contributed by atoms with E-state index < -0.39 is 5.91 Å². The zero-order valence-electron chi connectivity index (χ0n) is 12.1. The fourth-order valence-electron chi connectivity index (χ4n) is 1.56. The number of nitrogens with one attached hydrogen (secondary N) is 1. The van der Waals surface area contributed by atoms with E-state index in [-0.39, 0.29) is 11.7 Å². The van der Waals surface area contributed by atoms with Crippen molar-refractivity contribution in [2.75, 3.05) is 19.5 Å². The Morgan fingerprint density at radius 3 is 2.73 bits per heavy atom. The first-order valence-electron chi connectivity index (χ1n) is 6.28. The van der Waals surface area contributed by atoms with Crippen LogP contribution in [0, 0.1) is 0 Å². The summed E-state index contributed by atoms with van der Waals surface area (Å²) in [6.07, 6.45) is 2.70. The number of aromatic nitrogens is 2. The predicted octanol–water partition coefficient (Wildman–Crippen LogP) is 1.33. The predicted molar refractivity (Wildman–Crippen MR) is 81.3 cm³/mol. The summed E-state index contributed by atoms with van der Waals surface area (Å²) in [6, 6.07) is 6.87. The molecule has 3 N–H and O–H groups in total. The Hall–Kier alpha value is -3.16. The van der Waals surface area contributed by atoms with E-state index in [2.05, 4.69) is 20.3 Å². The standard InChI is InChI=1S/C14H15N5O3/c1-21-12-8-16-11(7-17-12)13(20)18-9-4-3-5-10(6-9)19-14(15)22-2/h3-8H,1-2H3,(H2,15,19)(H,18,20). The number of methoxy groups -OCH3 is 2. The number of benzene rings is 1. The molecule has 8 nitrogen and oxygen atoms in total. The number of amidine groups is 1. The molecule has 0 saturated heterocycles. The minimum absolute atomic E-state index is 0.0319. The van der Waals surface area contributed by atoms with Crippen molar-refractivity contribution >= 4 is 23.3 Å². The number of anilines is 1. The lowest BCUT2D eigenvalue weighted by molar-refractivity contribution is 0.102. The smallest absolute Gasteiger partial charge is 0.286 e. The van der Waals surface area contributed by atoms with Gasteiger partial charge in [-0.15, -0.1) is 0 Å². The van der Waals surface area contributed by atoms with E-state index in [1.807, 2.05) is 0 Å². The Bertz CT molecular complexity index is 685. The molecule has 0 aliphatic heterocycles. The highest BCUT2D eigenvalue weighted by atomic mass is 16.5. The highest BCUT2D eigenvalue weighted by Gasteiger charge is 2.09. The third kappa shape index (κ3) is 3.92. The topological polar surface area (TPSA) is 112 Å². The SMILES string of the molecule is CO/C(N)=N\c1cccc(NC(=O)c2cnc(OC)cn2)c1. The number of ether oxygens (including phenoxy) is 2. The van der Waals surface area contributed by atoms with Crippen molar-refractivity contribution < 1.29 is 14.3 Å². The maximum Gasteiger partial charge on any atom is 0.286 e. The Morgan fingerprint density at radius 1 is 1.27 bits per heavy atom. The van der Waals surface area contributed by atoms with Gasteiger partial charge in [-0.3, -0.25) is 4.79 Å². The first-order chi connectivity index (χ1) is 10.6. The van der Waals surface area contributed by atoms with Crippen LogP contribution < -0.4 is 15.8 Å². The van der Waals surface area contributed by atoms with E-state index >= 15 is 0 Å². The number of amides is 1. The number of nitrogens with two attached hydrogens (primary N) is 1. The molecule has 1 aromatic heterocycles. The molecule has 0 bridgehead atoms. The fraction of sp³-hybridized carbons (Fsp3) is 0.143. The molecule has 0 aliphatic carbocycles. The molecule has 0 radical (unpaired) electrons. The van der Waals surface area contributed by atoms with Crippen LogP contribution in [0.5, 0.6) is 5.88 Å². The van der Waals surface area contributed by atoms with Gasteiger partial charge in [-0.25, -0.2) is 9.97 Å². The van der Waals surface area contributed by atoms with Crippen molar-refractivity contribution in [3.63, 3.8) is 0 Å². The molecule has 2 aromatic rings. The maximum atomic E-state index is 12.1. The largest absolute Gasteiger partial charge is 0.480 e. The summed E-state index contributed by atoms with van der Waals surface area (Å²) in [7, 11) is 2.90. The number of nitrogens with zero attached hydrogens (tertiary/aromatic N) is 3. The number of carbonyl (C=O) groups excluding carboxylic acids is 1. The lowest BCUT2D eigenvalue weighted by Gasteiger charge is -2.06. The third-order valence-electron chi connectivity index (χ3n) is 2.62. The van der Waals surface area contributed by atoms with Gasteiger partial charge in [0, 0.05) is 5.69 Å². The lowest BCUT2D eigenvalue weighted by Crippen LogP contribution is -2.14. The molecule has 0 aliphatic rings. The van der Waals surface area contributed by atoms with Crippen molar-refractivity contribution in [3.8, 4) is 5.88 Å². The molecule has 0 spiro atoms. The van der Waals surface area contributed by atoms with Gasteiger partial charge in [-0.1, -0.05) is 6.07 Å². The van der Waals surface area contributed by atoms with Crippen LogP contribution in [0.3, 0.4) is 0 Å². The van der Waals surface area contributed by atoms with Crippen LogP contribution in [0.4, 0.5) is 11.4 Å². The Balaban J connectivity index is 2.12. The van der Waals surface area contributed by atoms with Crippen LogP contribution >= 0.6 is 0 Å². The van der Waals surface area contributed by atoms with Gasteiger partial charge in [-0.2, -0.15) is 4.99 Å². The van der Waals surface area contributed by atoms with Crippen molar-refractivity contribution in [1.82, 2.24) is 9.97 Å². The summed E-state index contributed by atoms with van der Waals surface area (Å²) < 4.78 is 9.66. The van der Waals surface area contributed by atoms with Crippen LogP contribution in [0.2, 0.25) is 0 Å². The highest BCUT2D eigenvalue weighted by Crippen LogP contribution is 2.18. The zero-order chi connectivity index (χ0) is 15.9. The number of carbonyl (C=O) groups is 1. The van der Waals surface area contributed by atoms with Crippen molar-refractivity contribution in [2.24, 2.45) is 10.7 Å². The van der Waals surface area contributed by atoms with Gasteiger partial charge in [0.05, 0.1) is 32.3 Å². The molecule has 1 heterocycles. The third-order valence-corrected chi connectivity index (χ3v) is 2.62. The fourth-order valence-corrected chi connectivity index (χ4v) is 1.56. The molecule has 1 amide bonds. The first kappa shape index (κ1) is 15.2. The van der Waals surface area contributed by atoms with Gasteiger partial charge >= 0.3 is 0 Å². The van der Waals surface area contributed by atoms with E-state index in [0.717, 1.165) is 0 Å². The van der Waals surface area contributed by atoms with Gasteiger partial charge in [-0.05, 0) is 18.2 Å². The molecular weight excluding hydrogens is 286 g/mol. The van der Waals surface area contributed by atoms with Gasteiger partial charge in [0.15, 0.2) is 0 Å². The second-order valence-electron chi connectivity index (χ2n) is 4.10. The first-order valence-corrected chi connectivity index (χ1v) is 6.28. The minimum Gasteiger partial charge on any atom is -0.480 e. The summed E-state index contributed by atoms with van der Waals surface area (Å²) in [6.45, 7) is 0. The number of rotatable bonds is 4. The van der Waals surface area contributed by atoms with Crippen LogP contribution in [0.1, 0.15) is 10.5 Å². The molecular formula is C14H15N5O3. The maximum absolute atomic E-state index is 12.1. The van der Waals surface area contributed by atoms with Crippen molar-refractivity contribution in [1.29, 1.82) is 0 Å². The van der Waals surface area contributed by atoms with Gasteiger partial charge in [0.25, 0.3) is 11.9 Å². The summed E-state index contributed by atoms with van der Waals surface area (Å²) in [5.41, 5.74) is 6.76. The van der Waals surface area contributed by atoms with E-state index in [4.69, 9.17) is 15.2 Å². The summed E-state index contributed by atoms with van der Waals surface area (Å²) >= 11 is 0. The molecule has 0 unspecified atom stereocenters. The normalized spacial score (nSPS) is 10.9. The minimum atomic E-state index is -0.393. The summed E-state index contributed by atoms with van der Waals surface area (Å²) in [5, 5.41) is 2.69.